The monoisotopic (exact) mass is 304 g/mol. The van der Waals surface area contributed by atoms with Gasteiger partial charge < -0.3 is 35.5 Å². The van der Waals surface area contributed by atoms with Crippen molar-refractivity contribution in [2.24, 2.45) is 0 Å². The first-order valence-electron chi connectivity index (χ1n) is 5.38. The van der Waals surface area contributed by atoms with Crippen LogP contribution < -0.4 is 0 Å². The Kier molecular flexibility index (Phi) is 5.83. The van der Waals surface area contributed by atoms with Gasteiger partial charge in [0.1, 0.15) is 36.6 Å². The minimum absolute atomic E-state index is 0.527. The van der Waals surface area contributed by atoms with E-state index in [0.29, 0.717) is 0 Å². The topological polar surface area (TPSA) is 177 Å². The molecule has 19 heavy (non-hydrogen) atoms. The summed E-state index contributed by atoms with van der Waals surface area (Å²) in [6.07, 6.45) is -11.2. The molecule has 0 aromatic heterocycles. The second-order valence-corrected chi connectivity index (χ2v) is 5.45. The van der Waals surface area contributed by atoms with Crippen LogP contribution in [0.25, 0.3) is 0 Å². The van der Waals surface area contributed by atoms with E-state index in [0.717, 1.165) is 0 Å². The fourth-order valence-corrected chi connectivity index (χ4v) is 2.59. The highest BCUT2D eigenvalue weighted by atomic mass is 31.2. The highest BCUT2D eigenvalue weighted by Gasteiger charge is 2.51. The van der Waals surface area contributed by atoms with Gasteiger partial charge in [-0.3, -0.25) is 9.05 Å². The Labute approximate surface area is 108 Å². The number of hydrogen-bond acceptors (Lipinski definition) is 9. The lowest BCUT2D eigenvalue weighted by Gasteiger charge is -2.41. The molecule has 0 aliphatic heterocycles. The van der Waals surface area contributed by atoms with E-state index in [2.05, 4.69) is 9.05 Å². The Morgan fingerprint density at radius 2 is 1.32 bits per heavy atom. The molecule has 1 saturated carbocycles. The van der Waals surface area contributed by atoms with Crippen molar-refractivity contribution in [3.63, 3.8) is 0 Å². The molecule has 0 heterocycles. The van der Waals surface area contributed by atoms with Gasteiger partial charge in [-0.1, -0.05) is 0 Å². The van der Waals surface area contributed by atoms with Gasteiger partial charge in [-0.05, 0) is 0 Å². The summed E-state index contributed by atoms with van der Waals surface area (Å²) in [7, 11) is -4.71. The van der Waals surface area contributed by atoms with Crippen LogP contribution in [0.15, 0.2) is 0 Å². The summed E-state index contributed by atoms with van der Waals surface area (Å²) in [5.41, 5.74) is 0. The molecule has 0 amide bonds. The summed E-state index contributed by atoms with van der Waals surface area (Å²) in [5.74, 6) is 0. The molecule has 1 aliphatic rings. The van der Waals surface area contributed by atoms with E-state index < -0.39 is 57.7 Å². The molecular formula is C8H17O10P. The average Bonchev–Trinajstić information content (AvgIpc) is 2.37. The van der Waals surface area contributed by atoms with E-state index in [1.807, 2.05) is 0 Å². The molecule has 5 unspecified atom stereocenters. The maximum absolute atomic E-state index is 11.4. The van der Waals surface area contributed by atoms with Gasteiger partial charge >= 0.3 is 7.82 Å². The Balaban J connectivity index is 2.78. The fraction of sp³-hybridized carbons (Fsp3) is 1.00. The van der Waals surface area contributed by atoms with Crippen LogP contribution >= 0.6 is 7.82 Å². The normalized spacial score (nSPS) is 42.9. The SMILES string of the molecule is O=P(O)(OCCO)OC1C(O)C(O)C(O)C(O)C1O. The zero-order valence-corrected chi connectivity index (χ0v) is 10.6. The molecule has 11 heteroatoms. The largest absolute Gasteiger partial charge is 0.472 e. The van der Waals surface area contributed by atoms with Crippen molar-refractivity contribution in [2.45, 2.75) is 36.6 Å². The summed E-state index contributed by atoms with van der Waals surface area (Å²) in [4.78, 5) is 9.22. The maximum atomic E-state index is 11.4. The molecular weight excluding hydrogens is 287 g/mol. The number of rotatable bonds is 5. The molecule has 0 spiro atoms. The minimum atomic E-state index is -4.71. The van der Waals surface area contributed by atoms with Crippen molar-refractivity contribution in [3.05, 3.63) is 0 Å². The van der Waals surface area contributed by atoms with E-state index in [-0.39, 0.29) is 0 Å². The van der Waals surface area contributed by atoms with Crippen LogP contribution in [-0.2, 0) is 13.6 Å². The van der Waals surface area contributed by atoms with E-state index >= 15 is 0 Å². The minimum Gasteiger partial charge on any atom is -0.394 e. The van der Waals surface area contributed by atoms with Crippen molar-refractivity contribution < 1.29 is 49.1 Å². The first-order chi connectivity index (χ1) is 8.71. The van der Waals surface area contributed by atoms with E-state index in [9.17, 15) is 35.0 Å². The lowest BCUT2D eigenvalue weighted by molar-refractivity contribution is -0.220. The maximum Gasteiger partial charge on any atom is 0.472 e. The molecule has 0 bridgehead atoms. The highest BCUT2D eigenvalue weighted by Crippen LogP contribution is 2.46. The first-order valence-corrected chi connectivity index (χ1v) is 6.87. The summed E-state index contributed by atoms with van der Waals surface area (Å²) in [5, 5.41) is 55.5. The van der Waals surface area contributed by atoms with Crippen molar-refractivity contribution in [1.82, 2.24) is 0 Å². The molecule has 0 aromatic carbocycles. The smallest absolute Gasteiger partial charge is 0.394 e. The molecule has 7 N–H and O–H groups in total. The molecule has 0 saturated heterocycles. The Hall–Kier alpha value is -0.130. The number of aliphatic hydroxyl groups excluding tert-OH is 6. The van der Waals surface area contributed by atoms with Crippen molar-refractivity contribution in [3.8, 4) is 0 Å². The molecule has 1 aliphatic carbocycles. The molecule has 5 atom stereocenters. The fourth-order valence-electron chi connectivity index (χ4n) is 1.66. The van der Waals surface area contributed by atoms with Crippen molar-refractivity contribution >= 4 is 7.82 Å². The predicted octanol–water partition coefficient (Wildman–Crippen LogP) is -3.70. The lowest BCUT2D eigenvalue weighted by atomic mass is 9.85. The lowest BCUT2D eigenvalue weighted by Crippen LogP contribution is -2.64. The molecule has 114 valence electrons. The summed E-state index contributed by atoms with van der Waals surface area (Å²) < 4.78 is 20.1. The van der Waals surface area contributed by atoms with Crippen LogP contribution in [0.1, 0.15) is 0 Å². The van der Waals surface area contributed by atoms with Gasteiger partial charge in [-0.2, -0.15) is 0 Å². The summed E-state index contributed by atoms with van der Waals surface area (Å²) >= 11 is 0. The van der Waals surface area contributed by atoms with Gasteiger partial charge in [0.15, 0.2) is 0 Å². The number of aliphatic hydroxyl groups is 6. The van der Waals surface area contributed by atoms with Crippen molar-refractivity contribution in [2.75, 3.05) is 13.2 Å². The van der Waals surface area contributed by atoms with Gasteiger partial charge in [0.25, 0.3) is 0 Å². The van der Waals surface area contributed by atoms with E-state index in [1.165, 1.54) is 0 Å². The molecule has 0 aromatic rings. The van der Waals surface area contributed by atoms with Gasteiger partial charge in [0, 0.05) is 0 Å². The third-order valence-corrected chi connectivity index (χ3v) is 3.69. The van der Waals surface area contributed by atoms with Crippen LogP contribution in [0.3, 0.4) is 0 Å². The summed E-state index contributed by atoms with van der Waals surface area (Å²) in [6, 6.07) is 0. The molecule has 10 nitrogen and oxygen atoms in total. The van der Waals surface area contributed by atoms with Gasteiger partial charge in [0.2, 0.25) is 0 Å². The number of hydrogen-bond donors (Lipinski definition) is 7. The Morgan fingerprint density at radius 1 is 0.895 bits per heavy atom. The average molecular weight is 304 g/mol. The second kappa shape index (κ2) is 6.55. The van der Waals surface area contributed by atoms with E-state index in [4.69, 9.17) is 5.11 Å². The predicted molar refractivity (Wildman–Crippen MR) is 57.8 cm³/mol. The Morgan fingerprint density at radius 3 is 1.74 bits per heavy atom. The van der Waals surface area contributed by atoms with Crippen molar-refractivity contribution in [1.29, 1.82) is 0 Å². The zero-order chi connectivity index (χ0) is 14.8. The van der Waals surface area contributed by atoms with Crippen LogP contribution in [0.5, 0.6) is 0 Å². The zero-order valence-electron chi connectivity index (χ0n) is 9.68. The highest BCUT2D eigenvalue weighted by molar-refractivity contribution is 7.47. The molecule has 0 radical (unpaired) electrons. The van der Waals surface area contributed by atoms with E-state index in [1.54, 1.807) is 0 Å². The standard InChI is InChI=1S/C8H17O10P/c9-1-2-17-19(15,16)18-8-6(13)4(11)3(10)5(12)7(8)14/h3-14H,1-2H2,(H,15,16). The van der Waals surface area contributed by atoms with Crippen LogP contribution in [0, 0.1) is 0 Å². The summed E-state index contributed by atoms with van der Waals surface area (Å²) in [6.45, 7) is -1.09. The van der Waals surface area contributed by atoms with Gasteiger partial charge in [-0.25, -0.2) is 4.57 Å². The van der Waals surface area contributed by atoms with Gasteiger partial charge in [0.05, 0.1) is 13.2 Å². The third kappa shape index (κ3) is 3.92. The van der Waals surface area contributed by atoms with Crippen LogP contribution in [0.2, 0.25) is 0 Å². The third-order valence-electron chi connectivity index (χ3n) is 2.67. The van der Waals surface area contributed by atoms with Crippen LogP contribution in [0.4, 0.5) is 0 Å². The quantitative estimate of drug-likeness (QED) is 0.250. The molecule has 1 fully saturated rings. The van der Waals surface area contributed by atoms with Gasteiger partial charge in [-0.15, -0.1) is 0 Å². The van der Waals surface area contributed by atoms with Crippen LogP contribution in [-0.4, -0.2) is 85.4 Å². The number of phosphoric acid groups is 1. The number of phosphoric ester groups is 1. The Bertz CT molecular complexity index is 321. The first kappa shape index (κ1) is 16.9. The molecule has 1 rings (SSSR count). The second-order valence-electron chi connectivity index (χ2n) is 4.05.